The molecule has 1 radical (unpaired) electrons. The van der Waals surface area contributed by atoms with E-state index < -0.39 is 11.6 Å². The Bertz CT molecular complexity index is 279. The molecule has 0 aliphatic rings. The van der Waals surface area contributed by atoms with E-state index in [1.54, 1.807) is 0 Å². The molecule has 0 spiro atoms. The minimum atomic E-state index is -0.757. The lowest BCUT2D eigenvalue weighted by atomic mass is 10.2. The number of nitrogens with zero attached hydrogens (tertiary/aromatic N) is 1. The maximum absolute atomic E-state index is 12.5. The van der Waals surface area contributed by atoms with Crippen molar-refractivity contribution in [1.82, 2.24) is 0 Å². The van der Waals surface area contributed by atoms with Crippen molar-refractivity contribution < 1.29 is 13.6 Å². The third kappa shape index (κ3) is 2.30. The summed E-state index contributed by atoms with van der Waals surface area (Å²) in [6.07, 6.45) is 1.21. The van der Waals surface area contributed by atoms with Crippen molar-refractivity contribution in [2.24, 2.45) is 5.16 Å². The van der Waals surface area contributed by atoms with Crippen LogP contribution in [0.5, 0.6) is 0 Å². The molecule has 63 valence electrons. The Hall–Kier alpha value is -1.45. The smallest absolute Gasteiger partial charge is 0.134 e. The average Bonchev–Trinajstić information content (AvgIpc) is 1.99. The summed E-state index contributed by atoms with van der Waals surface area (Å²) >= 11 is 0. The molecular weight excluding hydrogens is 164 g/mol. The molecule has 0 bridgehead atoms. The molecule has 0 aliphatic heterocycles. The molecule has 0 saturated heterocycles. The summed E-state index contributed by atoms with van der Waals surface area (Å²) in [5.74, 6) is -1.51. The van der Waals surface area contributed by atoms with Crippen molar-refractivity contribution in [2.45, 2.75) is 0 Å². The minimum absolute atomic E-state index is 0.297. The van der Waals surface area contributed by atoms with Gasteiger partial charge in [0.25, 0.3) is 0 Å². The highest BCUT2D eigenvalue weighted by atomic mass is 19.1. The molecule has 1 aromatic carbocycles. The summed E-state index contributed by atoms with van der Waals surface area (Å²) in [4.78, 5) is 4.34. The second kappa shape index (κ2) is 3.80. The first-order valence-corrected chi connectivity index (χ1v) is 3.17. The van der Waals surface area contributed by atoms with Gasteiger partial charge < -0.3 is 4.84 Å². The molecule has 0 saturated carbocycles. The molecule has 1 aromatic rings. The third-order valence-corrected chi connectivity index (χ3v) is 1.13. The molecule has 0 aliphatic carbocycles. The predicted molar refractivity (Wildman–Crippen MR) is 39.8 cm³/mol. The summed E-state index contributed by atoms with van der Waals surface area (Å²) in [5.41, 5.74) is 0.297. The standard InChI is InChI=1S/C8H6F2NO/c1-12-11-5-6-2-7(9)4-8(10)3-6/h2-3,5H,1H3/b11-5+. The van der Waals surface area contributed by atoms with E-state index in [9.17, 15) is 8.78 Å². The highest BCUT2D eigenvalue weighted by Crippen LogP contribution is 2.04. The van der Waals surface area contributed by atoms with E-state index >= 15 is 0 Å². The Morgan fingerprint density at radius 2 is 2.00 bits per heavy atom. The van der Waals surface area contributed by atoms with Gasteiger partial charge in [-0.25, -0.2) is 8.78 Å². The minimum Gasteiger partial charge on any atom is -0.399 e. The Morgan fingerprint density at radius 1 is 1.42 bits per heavy atom. The van der Waals surface area contributed by atoms with E-state index in [4.69, 9.17) is 0 Å². The summed E-state index contributed by atoms with van der Waals surface area (Å²) in [6.45, 7) is 0. The SMILES string of the molecule is CO/N=C/c1cc(F)[c]c(F)c1. The van der Waals surface area contributed by atoms with Crippen LogP contribution in [0.25, 0.3) is 0 Å². The number of hydrogen-bond donors (Lipinski definition) is 0. The topological polar surface area (TPSA) is 21.6 Å². The van der Waals surface area contributed by atoms with Crippen molar-refractivity contribution in [1.29, 1.82) is 0 Å². The summed E-state index contributed by atoms with van der Waals surface area (Å²) < 4.78 is 24.9. The van der Waals surface area contributed by atoms with Crippen LogP contribution in [-0.2, 0) is 4.84 Å². The Labute approximate surface area is 68.5 Å². The van der Waals surface area contributed by atoms with Crippen LogP contribution in [0, 0.1) is 17.7 Å². The van der Waals surface area contributed by atoms with E-state index in [0.717, 1.165) is 12.1 Å². The van der Waals surface area contributed by atoms with E-state index in [1.165, 1.54) is 13.3 Å². The van der Waals surface area contributed by atoms with Gasteiger partial charge in [0.05, 0.1) is 12.3 Å². The fourth-order valence-electron chi connectivity index (χ4n) is 0.709. The molecule has 2 nitrogen and oxygen atoms in total. The fraction of sp³-hybridized carbons (Fsp3) is 0.125. The molecular formula is C8H6F2NO. The zero-order valence-corrected chi connectivity index (χ0v) is 6.34. The van der Waals surface area contributed by atoms with Crippen LogP contribution in [0.1, 0.15) is 5.56 Å². The van der Waals surface area contributed by atoms with Gasteiger partial charge in [-0.3, -0.25) is 0 Å². The van der Waals surface area contributed by atoms with E-state index in [1.807, 2.05) is 6.07 Å². The van der Waals surface area contributed by atoms with E-state index in [0.29, 0.717) is 5.56 Å². The lowest BCUT2D eigenvalue weighted by Gasteiger charge is -1.93. The van der Waals surface area contributed by atoms with Gasteiger partial charge in [0.15, 0.2) is 0 Å². The molecule has 0 fully saturated rings. The van der Waals surface area contributed by atoms with Crippen LogP contribution < -0.4 is 0 Å². The van der Waals surface area contributed by atoms with Crippen LogP contribution >= 0.6 is 0 Å². The number of benzene rings is 1. The maximum Gasteiger partial charge on any atom is 0.134 e. The van der Waals surface area contributed by atoms with Crippen molar-refractivity contribution in [2.75, 3.05) is 7.11 Å². The van der Waals surface area contributed by atoms with Gasteiger partial charge in [-0.05, 0) is 12.1 Å². The molecule has 0 N–H and O–H groups in total. The van der Waals surface area contributed by atoms with Crippen LogP contribution in [0.15, 0.2) is 17.3 Å². The van der Waals surface area contributed by atoms with Crippen LogP contribution in [0.4, 0.5) is 8.78 Å². The van der Waals surface area contributed by atoms with Gasteiger partial charge in [0, 0.05) is 5.56 Å². The molecule has 1 rings (SSSR count). The van der Waals surface area contributed by atoms with Gasteiger partial charge in [-0.2, -0.15) is 0 Å². The van der Waals surface area contributed by atoms with Crippen molar-refractivity contribution >= 4 is 6.21 Å². The van der Waals surface area contributed by atoms with Gasteiger partial charge in [-0.15, -0.1) is 0 Å². The summed E-state index contributed by atoms with van der Waals surface area (Å²) in [6, 6.07) is 4.06. The number of rotatable bonds is 2. The monoisotopic (exact) mass is 170 g/mol. The zero-order valence-electron chi connectivity index (χ0n) is 6.34. The second-order valence-electron chi connectivity index (χ2n) is 2.03. The molecule has 0 aromatic heterocycles. The van der Waals surface area contributed by atoms with Gasteiger partial charge in [-0.1, -0.05) is 5.16 Å². The number of hydrogen-bond acceptors (Lipinski definition) is 2. The zero-order chi connectivity index (χ0) is 8.97. The van der Waals surface area contributed by atoms with Crippen molar-refractivity contribution in [3.63, 3.8) is 0 Å². The molecule has 0 atom stereocenters. The second-order valence-corrected chi connectivity index (χ2v) is 2.03. The normalized spacial score (nSPS) is 10.6. The van der Waals surface area contributed by atoms with E-state index in [2.05, 4.69) is 9.99 Å². The molecule has 0 unspecified atom stereocenters. The van der Waals surface area contributed by atoms with Crippen LogP contribution in [-0.4, -0.2) is 13.3 Å². The lowest BCUT2D eigenvalue weighted by molar-refractivity contribution is 0.215. The van der Waals surface area contributed by atoms with Gasteiger partial charge in [0.2, 0.25) is 0 Å². The van der Waals surface area contributed by atoms with Crippen LogP contribution in [0.3, 0.4) is 0 Å². The molecule has 0 amide bonds. The quantitative estimate of drug-likeness (QED) is 0.489. The highest BCUT2D eigenvalue weighted by molar-refractivity contribution is 5.78. The largest absolute Gasteiger partial charge is 0.399 e. The Kier molecular flexibility index (Phi) is 2.74. The summed E-state index contributed by atoms with van der Waals surface area (Å²) in [5, 5.41) is 3.35. The number of oxime groups is 1. The average molecular weight is 170 g/mol. The van der Waals surface area contributed by atoms with Crippen molar-refractivity contribution in [3.05, 3.63) is 35.4 Å². The van der Waals surface area contributed by atoms with Gasteiger partial charge >= 0.3 is 0 Å². The first-order valence-electron chi connectivity index (χ1n) is 3.17. The van der Waals surface area contributed by atoms with Crippen molar-refractivity contribution in [3.8, 4) is 0 Å². The fourth-order valence-corrected chi connectivity index (χ4v) is 0.709. The Balaban J connectivity index is 2.93. The van der Waals surface area contributed by atoms with Crippen LogP contribution in [0.2, 0.25) is 0 Å². The Morgan fingerprint density at radius 3 is 2.50 bits per heavy atom. The predicted octanol–water partition coefficient (Wildman–Crippen LogP) is 1.75. The molecule has 4 heteroatoms. The molecule has 12 heavy (non-hydrogen) atoms. The number of halogens is 2. The van der Waals surface area contributed by atoms with Gasteiger partial charge in [0.1, 0.15) is 18.7 Å². The first kappa shape index (κ1) is 8.64. The first-order chi connectivity index (χ1) is 5.72. The maximum atomic E-state index is 12.5. The highest BCUT2D eigenvalue weighted by Gasteiger charge is 1.98. The molecule has 0 heterocycles. The van der Waals surface area contributed by atoms with E-state index in [-0.39, 0.29) is 0 Å². The lowest BCUT2D eigenvalue weighted by Crippen LogP contribution is -1.87. The third-order valence-electron chi connectivity index (χ3n) is 1.13. The summed E-state index contributed by atoms with van der Waals surface area (Å²) in [7, 11) is 1.35.